The maximum Gasteiger partial charge on any atom is 0.0700 e. The van der Waals surface area contributed by atoms with Gasteiger partial charge in [0.05, 0.1) is 6.10 Å². The second kappa shape index (κ2) is 5.29. The molecule has 0 amide bonds. The monoisotopic (exact) mass is 205 g/mol. The predicted octanol–water partition coefficient (Wildman–Crippen LogP) is 2.34. The van der Waals surface area contributed by atoms with Crippen LogP contribution in [0.2, 0.25) is 0 Å². The third-order valence-electron chi connectivity index (χ3n) is 3.02. The predicted molar refractivity (Wildman–Crippen MR) is 61.7 cm³/mol. The molecule has 82 valence electrons. The molecule has 1 aromatic carbocycles. The van der Waals surface area contributed by atoms with Gasteiger partial charge in [0.2, 0.25) is 0 Å². The lowest BCUT2D eigenvalue weighted by molar-refractivity contribution is 0.00244. The molecule has 0 radical (unpaired) electrons. The van der Waals surface area contributed by atoms with Gasteiger partial charge in [0.15, 0.2) is 0 Å². The van der Waals surface area contributed by atoms with Crippen LogP contribution in [0.1, 0.15) is 25.3 Å². The SMILES string of the molecule is CC1OCCCC1NCc1ccccc1. The summed E-state index contributed by atoms with van der Waals surface area (Å²) in [4.78, 5) is 0. The maximum atomic E-state index is 5.62. The van der Waals surface area contributed by atoms with Gasteiger partial charge in [-0.2, -0.15) is 0 Å². The minimum absolute atomic E-state index is 0.350. The van der Waals surface area contributed by atoms with Crippen LogP contribution in [0.4, 0.5) is 0 Å². The first-order valence-electron chi connectivity index (χ1n) is 5.75. The topological polar surface area (TPSA) is 21.3 Å². The standard InChI is InChI=1S/C13H19NO/c1-11-13(8-5-9-15-11)14-10-12-6-3-2-4-7-12/h2-4,6-7,11,13-14H,5,8-10H2,1H3. The summed E-state index contributed by atoms with van der Waals surface area (Å²) in [5.74, 6) is 0. The molecule has 1 saturated heterocycles. The van der Waals surface area contributed by atoms with Crippen LogP contribution in [0.25, 0.3) is 0 Å². The third-order valence-corrected chi connectivity index (χ3v) is 3.02. The molecule has 1 fully saturated rings. The molecular formula is C13H19NO. The molecule has 2 unspecified atom stereocenters. The molecule has 2 heteroatoms. The fraction of sp³-hybridized carbons (Fsp3) is 0.538. The fourth-order valence-corrected chi connectivity index (χ4v) is 2.04. The summed E-state index contributed by atoms with van der Waals surface area (Å²) in [6.07, 6.45) is 2.76. The highest BCUT2D eigenvalue weighted by molar-refractivity contribution is 5.14. The van der Waals surface area contributed by atoms with Crippen LogP contribution >= 0.6 is 0 Å². The van der Waals surface area contributed by atoms with Crippen molar-refractivity contribution in [2.45, 2.75) is 38.5 Å². The summed E-state index contributed by atoms with van der Waals surface area (Å²) in [6, 6.07) is 11.0. The Morgan fingerprint density at radius 1 is 1.33 bits per heavy atom. The van der Waals surface area contributed by atoms with Gasteiger partial charge in [-0.15, -0.1) is 0 Å². The molecule has 0 aliphatic carbocycles. The van der Waals surface area contributed by atoms with E-state index in [0.29, 0.717) is 12.1 Å². The number of benzene rings is 1. The molecule has 15 heavy (non-hydrogen) atoms. The van der Waals surface area contributed by atoms with Gasteiger partial charge in [-0.3, -0.25) is 0 Å². The van der Waals surface area contributed by atoms with Crippen molar-refractivity contribution in [1.29, 1.82) is 0 Å². The first-order chi connectivity index (χ1) is 7.36. The summed E-state index contributed by atoms with van der Waals surface area (Å²) < 4.78 is 5.62. The Labute approximate surface area is 91.6 Å². The van der Waals surface area contributed by atoms with Crippen LogP contribution in [-0.2, 0) is 11.3 Å². The van der Waals surface area contributed by atoms with E-state index in [2.05, 4.69) is 42.6 Å². The van der Waals surface area contributed by atoms with E-state index >= 15 is 0 Å². The Bertz CT molecular complexity index is 286. The van der Waals surface area contributed by atoms with E-state index < -0.39 is 0 Å². The minimum Gasteiger partial charge on any atom is -0.377 e. The second-order valence-electron chi connectivity index (χ2n) is 4.19. The van der Waals surface area contributed by atoms with Gasteiger partial charge in [-0.25, -0.2) is 0 Å². The van der Waals surface area contributed by atoms with Gasteiger partial charge in [0.1, 0.15) is 0 Å². The van der Waals surface area contributed by atoms with Gasteiger partial charge < -0.3 is 10.1 Å². The van der Waals surface area contributed by atoms with Gasteiger partial charge in [0, 0.05) is 19.2 Å². The molecule has 0 bridgehead atoms. The van der Waals surface area contributed by atoms with Crippen molar-refractivity contribution >= 4 is 0 Å². The van der Waals surface area contributed by atoms with Crippen LogP contribution in [0.5, 0.6) is 0 Å². The first-order valence-corrected chi connectivity index (χ1v) is 5.75. The molecule has 1 aliphatic heterocycles. The number of nitrogens with one attached hydrogen (secondary N) is 1. The lowest BCUT2D eigenvalue weighted by atomic mass is 10.0. The molecule has 0 spiro atoms. The van der Waals surface area contributed by atoms with Crippen molar-refractivity contribution in [1.82, 2.24) is 5.32 Å². The Hall–Kier alpha value is -0.860. The van der Waals surface area contributed by atoms with Crippen molar-refractivity contribution in [2.75, 3.05) is 6.61 Å². The number of ether oxygens (including phenoxy) is 1. The molecule has 0 saturated carbocycles. The van der Waals surface area contributed by atoms with Gasteiger partial charge in [0.25, 0.3) is 0 Å². The Morgan fingerprint density at radius 3 is 2.87 bits per heavy atom. The Kier molecular flexibility index (Phi) is 3.75. The van der Waals surface area contributed by atoms with E-state index in [9.17, 15) is 0 Å². The van der Waals surface area contributed by atoms with Gasteiger partial charge in [-0.05, 0) is 25.3 Å². The van der Waals surface area contributed by atoms with Crippen LogP contribution in [0, 0.1) is 0 Å². The van der Waals surface area contributed by atoms with Gasteiger partial charge >= 0.3 is 0 Å². The first kappa shape index (κ1) is 10.7. The van der Waals surface area contributed by atoms with Gasteiger partial charge in [-0.1, -0.05) is 30.3 Å². The molecule has 2 atom stereocenters. The Balaban J connectivity index is 1.82. The molecule has 1 aromatic rings. The van der Waals surface area contributed by atoms with E-state index in [0.717, 1.165) is 13.2 Å². The summed E-state index contributed by atoms with van der Waals surface area (Å²) in [7, 11) is 0. The lowest BCUT2D eigenvalue weighted by Crippen LogP contribution is -2.42. The number of hydrogen-bond acceptors (Lipinski definition) is 2. The summed E-state index contributed by atoms with van der Waals surface area (Å²) >= 11 is 0. The number of hydrogen-bond donors (Lipinski definition) is 1. The molecule has 2 rings (SSSR count). The second-order valence-corrected chi connectivity index (χ2v) is 4.19. The zero-order valence-electron chi connectivity index (χ0n) is 9.28. The highest BCUT2D eigenvalue weighted by atomic mass is 16.5. The zero-order valence-corrected chi connectivity index (χ0v) is 9.28. The molecular weight excluding hydrogens is 186 g/mol. The van der Waals surface area contributed by atoms with Crippen LogP contribution in [-0.4, -0.2) is 18.8 Å². The molecule has 1 N–H and O–H groups in total. The normalized spacial score (nSPS) is 26.5. The fourth-order valence-electron chi connectivity index (χ4n) is 2.04. The molecule has 2 nitrogen and oxygen atoms in total. The van der Waals surface area contributed by atoms with E-state index in [-0.39, 0.29) is 0 Å². The summed E-state index contributed by atoms with van der Waals surface area (Å²) in [5.41, 5.74) is 1.34. The highest BCUT2D eigenvalue weighted by Crippen LogP contribution is 2.13. The molecule has 0 aromatic heterocycles. The maximum absolute atomic E-state index is 5.62. The van der Waals surface area contributed by atoms with Crippen molar-refractivity contribution < 1.29 is 4.74 Å². The largest absolute Gasteiger partial charge is 0.377 e. The van der Waals surface area contributed by atoms with E-state index in [4.69, 9.17) is 4.74 Å². The van der Waals surface area contributed by atoms with Crippen LogP contribution < -0.4 is 5.32 Å². The van der Waals surface area contributed by atoms with Crippen molar-refractivity contribution in [3.63, 3.8) is 0 Å². The highest BCUT2D eigenvalue weighted by Gasteiger charge is 2.20. The molecule has 1 heterocycles. The Morgan fingerprint density at radius 2 is 2.13 bits per heavy atom. The quantitative estimate of drug-likeness (QED) is 0.818. The summed E-state index contributed by atoms with van der Waals surface area (Å²) in [5, 5.41) is 3.56. The minimum atomic E-state index is 0.350. The van der Waals surface area contributed by atoms with E-state index in [1.54, 1.807) is 0 Å². The van der Waals surface area contributed by atoms with Crippen molar-refractivity contribution in [3.05, 3.63) is 35.9 Å². The smallest absolute Gasteiger partial charge is 0.0700 e. The number of rotatable bonds is 3. The van der Waals surface area contributed by atoms with E-state index in [1.165, 1.54) is 18.4 Å². The van der Waals surface area contributed by atoms with Crippen molar-refractivity contribution in [2.24, 2.45) is 0 Å². The third kappa shape index (κ3) is 3.05. The average Bonchev–Trinajstić information content (AvgIpc) is 2.29. The van der Waals surface area contributed by atoms with Crippen molar-refractivity contribution in [3.8, 4) is 0 Å². The summed E-state index contributed by atoms with van der Waals surface area (Å²) in [6.45, 7) is 4.02. The van der Waals surface area contributed by atoms with Crippen LogP contribution in [0.15, 0.2) is 30.3 Å². The van der Waals surface area contributed by atoms with Crippen LogP contribution in [0.3, 0.4) is 0 Å². The molecule has 1 aliphatic rings. The average molecular weight is 205 g/mol. The lowest BCUT2D eigenvalue weighted by Gasteiger charge is -2.30. The zero-order chi connectivity index (χ0) is 10.5. The van der Waals surface area contributed by atoms with E-state index in [1.807, 2.05) is 0 Å².